The number of para-hydroxylation sites is 1. The minimum atomic E-state index is 0.586. The number of rotatable bonds is 4. The number of hydrogen-bond acceptors (Lipinski definition) is 2. The Labute approximate surface area is 79.9 Å². The molecule has 0 saturated carbocycles. The molecule has 2 heteroatoms. The van der Waals surface area contributed by atoms with E-state index in [0.717, 1.165) is 6.61 Å². The van der Waals surface area contributed by atoms with Crippen LogP contribution in [0, 0.1) is 13.8 Å². The maximum absolute atomic E-state index is 5.24. The van der Waals surface area contributed by atoms with Crippen LogP contribution in [0.4, 0.5) is 5.69 Å². The summed E-state index contributed by atoms with van der Waals surface area (Å²) in [5.41, 5.74) is 3.72. The molecule has 0 atom stereocenters. The maximum Gasteiger partial charge on any atom is 0.116 e. The predicted molar refractivity (Wildman–Crippen MR) is 56.0 cm³/mol. The zero-order chi connectivity index (χ0) is 9.68. The molecule has 1 aromatic carbocycles. The van der Waals surface area contributed by atoms with Gasteiger partial charge in [0.2, 0.25) is 0 Å². The molecule has 1 N–H and O–H groups in total. The fourth-order valence-electron chi connectivity index (χ4n) is 1.32. The third-order valence-corrected chi connectivity index (χ3v) is 2.04. The molecule has 0 aliphatic carbocycles. The van der Waals surface area contributed by atoms with E-state index in [1.54, 1.807) is 0 Å². The van der Waals surface area contributed by atoms with Gasteiger partial charge >= 0.3 is 0 Å². The van der Waals surface area contributed by atoms with Gasteiger partial charge in [-0.3, -0.25) is 0 Å². The van der Waals surface area contributed by atoms with Crippen LogP contribution in [0.5, 0.6) is 0 Å². The quantitative estimate of drug-likeness (QED) is 0.567. The summed E-state index contributed by atoms with van der Waals surface area (Å²) in [6.07, 6.45) is 0. The molecule has 0 fully saturated rings. The number of aryl methyl sites for hydroxylation is 2. The first-order valence-electron chi connectivity index (χ1n) is 4.63. The standard InChI is InChI=1S/C11H17NO/c1-4-13-8-12-11-9(2)6-5-7-10(11)3/h5-7,12H,4,8H2,1-3H3. The predicted octanol–water partition coefficient (Wildman–Crippen LogP) is 2.71. The Bertz CT molecular complexity index is 251. The smallest absolute Gasteiger partial charge is 0.116 e. The van der Waals surface area contributed by atoms with Crippen LogP contribution >= 0.6 is 0 Å². The van der Waals surface area contributed by atoms with Crippen molar-refractivity contribution in [2.24, 2.45) is 0 Å². The van der Waals surface area contributed by atoms with Gasteiger partial charge in [-0.15, -0.1) is 0 Å². The monoisotopic (exact) mass is 179 g/mol. The molecule has 13 heavy (non-hydrogen) atoms. The fraction of sp³-hybridized carbons (Fsp3) is 0.455. The lowest BCUT2D eigenvalue weighted by Gasteiger charge is -2.11. The highest BCUT2D eigenvalue weighted by Crippen LogP contribution is 2.18. The van der Waals surface area contributed by atoms with Crippen LogP contribution in [0.25, 0.3) is 0 Å². The average molecular weight is 179 g/mol. The summed E-state index contributed by atoms with van der Waals surface area (Å²) >= 11 is 0. The van der Waals surface area contributed by atoms with E-state index >= 15 is 0 Å². The van der Waals surface area contributed by atoms with E-state index in [1.807, 2.05) is 6.92 Å². The molecule has 0 aliphatic heterocycles. The molecule has 0 radical (unpaired) electrons. The van der Waals surface area contributed by atoms with Crippen LogP contribution in [0.1, 0.15) is 18.1 Å². The molecule has 0 spiro atoms. The molecule has 0 saturated heterocycles. The van der Waals surface area contributed by atoms with Gasteiger partial charge in [0.15, 0.2) is 0 Å². The average Bonchev–Trinajstić information content (AvgIpc) is 2.10. The van der Waals surface area contributed by atoms with Gasteiger partial charge in [0.25, 0.3) is 0 Å². The van der Waals surface area contributed by atoms with Gasteiger partial charge in [0, 0.05) is 12.3 Å². The number of hydrogen-bond donors (Lipinski definition) is 1. The highest BCUT2D eigenvalue weighted by molar-refractivity contribution is 5.56. The Kier molecular flexibility index (Phi) is 3.77. The Hall–Kier alpha value is -1.02. The zero-order valence-corrected chi connectivity index (χ0v) is 8.55. The van der Waals surface area contributed by atoms with E-state index in [0.29, 0.717) is 6.73 Å². The van der Waals surface area contributed by atoms with Crippen molar-refractivity contribution in [1.82, 2.24) is 0 Å². The molecular formula is C11H17NO. The molecule has 0 unspecified atom stereocenters. The summed E-state index contributed by atoms with van der Waals surface area (Å²) in [6.45, 7) is 7.52. The molecule has 1 rings (SSSR count). The van der Waals surface area contributed by atoms with Crippen LogP contribution in [0.2, 0.25) is 0 Å². The topological polar surface area (TPSA) is 21.3 Å². The van der Waals surface area contributed by atoms with Gasteiger partial charge in [-0.25, -0.2) is 0 Å². The van der Waals surface area contributed by atoms with Crippen molar-refractivity contribution < 1.29 is 4.74 Å². The highest BCUT2D eigenvalue weighted by atomic mass is 16.5. The summed E-state index contributed by atoms with van der Waals surface area (Å²) in [7, 11) is 0. The second-order valence-corrected chi connectivity index (χ2v) is 3.08. The first-order valence-corrected chi connectivity index (χ1v) is 4.63. The molecule has 0 bridgehead atoms. The van der Waals surface area contributed by atoms with Gasteiger partial charge in [0.1, 0.15) is 6.73 Å². The Balaban J connectivity index is 2.64. The van der Waals surface area contributed by atoms with Crippen molar-refractivity contribution in [2.75, 3.05) is 18.7 Å². The second kappa shape index (κ2) is 4.87. The Morgan fingerprint density at radius 1 is 1.23 bits per heavy atom. The molecule has 72 valence electrons. The van der Waals surface area contributed by atoms with E-state index in [-0.39, 0.29) is 0 Å². The first-order chi connectivity index (χ1) is 6.25. The molecule has 0 aliphatic rings. The Morgan fingerprint density at radius 2 is 1.85 bits per heavy atom. The number of nitrogens with one attached hydrogen (secondary N) is 1. The number of anilines is 1. The van der Waals surface area contributed by atoms with Gasteiger partial charge < -0.3 is 10.1 Å². The van der Waals surface area contributed by atoms with E-state index < -0.39 is 0 Å². The van der Waals surface area contributed by atoms with E-state index in [1.165, 1.54) is 16.8 Å². The summed E-state index contributed by atoms with van der Waals surface area (Å²) in [4.78, 5) is 0. The van der Waals surface area contributed by atoms with Gasteiger partial charge in [0.05, 0.1) is 0 Å². The van der Waals surface area contributed by atoms with Crippen molar-refractivity contribution in [3.05, 3.63) is 29.3 Å². The molecule has 0 aromatic heterocycles. The molecule has 1 aromatic rings. The van der Waals surface area contributed by atoms with Crippen molar-refractivity contribution in [3.63, 3.8) is 0 Å². The normalized spacial score (nSPS) is 10.1. The van der Waals surface area contributed by atoms with Crippen molar-refractivity contribution in [3.8, 4) is 0 Å². The summed E-state index contributed by atoms with van der Waals surface area (Å²) in [5.74, 6) is 0. The van der Waals surface area contributed by atoms with Crippen molar-refractivity contribution in [1.29, 1.82) is 0 Å². The largest absolute Gasteiger partial charge is 0.362 e. The minimum absolute atomic E-state index is 0.586. The maximum atomic E-state index is 5.24. The van der Waals surface area contributed by atoms with Crippen LogP contribution < -0.4 is 5.32 Å². The number of benzene rings is 1. The molecule has 0 heterocycles. The minimum Gasteiger partial charge on any atom is -0.362 e. The van der Waals surface area contributed by atoms with Crippen LogP contribution in [-0.2, 0) is 4.74 Å². The number of ether oxygens (including phenoxy) is 1. The Morgan fingerprint density at radius 3 is 2.38 bits per heavy atom. The zero-order valence-electron chi connectivity index (χ0n) is 8.55. The lowest BCUT2D eigenvalue weighted by atomic mass is 10.1. The third kappa shape index (κ3) is 2.74. The van der Waals surface area contributed by atoms with Crippen LogP contribution in [0.15, 0.2) is 18.2 Å². The molecule has 2 nitrogen and oxygen atoms in total. The van der Waals surface area contributed by atoms with Gasteiger partial charge in [-0.1, -0.05) is 18.2 Å². The molecular weight excluding hydrogens is 162 g/mol. The van der Waals surface area contributed by atoms with Crippen molar-refractivity contribution >= 4 is 5.69 Å². The van der Waals surface area contributed by atoms with Gasteiger partial charge in [-0.2, -0.15) is 0 Å². The van der Waals surface area contributed by atoms with E-state index in [9.17, 15) is 0 Å². The summed E-state index contributed by atoms with van der Waals surface area (Å²) < 4.78 is 5.24. The van der Waals surface area contributed by atoms with E-state index in [2.05, 4.69) is 37.4 Å². The second-order valence-electron chi connectivity index (χ2n) is 3.08. The fourth-order valence-corrected chi connectivity index (χ4v) is 1.32. The first kappa shape index (κ1) is 10.1. The highest BCUT2D eigenvalue weighted by Gasteiger charge is 1.99. The third-order valence-electron chi connectivity index (χ3n) is 2.04. The van der Waals surface area contributed by atoms with Gasteiger partial charge in [-0.05, 0) is 31.9 Å². The van der Waals surface area contributed by atoms with Crippen molar-refractivity contribution in [2.45, 2.75) is 20.8 Å². The van der Waals surface area contributed by atoms with Crippen LogP contribution in [0.3, 0.4) is 0 Å². The SMILES string of the molecule is CCOCNc1c(C)cccc1C. The lowest BCUT2D eigenvalue weighted by molar-refractivity contribution is 0.167. The van der Waals surface area contributed by atoms with E-state index in [4.69, 9.17) is 4.74 Å². The lowest BCUT2D eigenvalue weighted by Crippen LogP contribution is -2.07. The summed E-state index contributed by atoms with van der Waals surface area (Å²) in [6, 6.07) is 6.26. The summed E-state index contributed by atoms with van der Waals surface area (Å²) in [5, 5.41) is 3.26. The van der Waals surface area contributed by atoms with Crippen LogP contribution in [-0.4, -0.2) is 13.3 Å². The molecule has 0 amide bonds.